The maximum absolute atomic E-state index is 2.32. The van der Waals surface area contributed by atoms with E-state index >= 15 is 0 Å². The highest BCUT2D eigenvalue weighted by Crippen LogP contribution is 2.18. The Bertz CT molecular complexity index is 541. The lowest BCUT2D eigenvalue weighted by atomic mass is 10.1. The SMILES string of the molecule is CCCCC[N+](CCCCC)(CCc1ccccc1)CCc1ccccc1.[Br-]. The summed E-state index contributed by atoms with van der Waals surface area (Å²) in [7, 11) is 0. The summed E-state index contributed by atoms with van der Waals surface area (Å²) >= 11 is 0. The molecule has 0 radical (unpaired) electrons. The number of rotatable bonds is 14. The summed E-state index contributed by atoms with van der Waals surface area (Å²) in [5, 5.41) is 0. The van der Waals surface area contributed by atoms with Crippen LogP contribution in [0.25, 0.3) is 0 Å². The molecule has 28 heavy (non-hydrogen) atoms. The molecule has 0 bridgehead atoms. The molecule has 2 aromatic carbocycles. The molecule has 0 saturated heterocycles. The van der Waals surface area contributed by atoms with Crippen molar-refractivity contribution in [3.05, 3.63) is 71.8 Å². The summed E-state index contributed by atoms with van der Waals surface area (Å²) in [5.41, 5.74) is 2.98. The van der Waals surface area contributed by atoms with E-state index in [9.17, 15) is 0 Å². The monoisotopic (exact) mass is 445 g/mol. The average Bonchev–Trinajstić information content (AvgIpc) is 2.72. The van der Waals surface area contributed by atoms with Crippen LogP contribution < -0.4 is 17.0 Å². The van der Waals surface area contributed by atoms with Gasteiger partial charge in [0.1, 0.15) is 0 Å². The zero-order valence-corrected chi connectivity index (χ0v) is 19.7. The van der Waals surface area contributed by atoms with Gasteiger partial charge in [0, 0.05) is 12.8 Å². The molecule has 2 rings (SSSR count). The largest absolute Gasteiger partial charge is 1.00 e. The van der Waals surface area contributed by atoms with Crippen LogP contribution in [0, 0.1) is 0 Å². The molecule has 0 unspecified atom stereocenters. The number of benzene rings is 2. The predicted octanol–water partition coefficient (Wildman–Crippen LogP) is 3.67. The van der Waals surface area contributed by atoms with E-state index in [2.05, 4.69) is 74.5 Å². The molecule has 0 N–H and O–H groups in total. The van der Waals surface area contributed by atoms with Crippen LogP contribution in [0.1, 0.15) is 63.5 Å². The molecule has 1 nitrogen and oxygen atoms in total. The fraction of sp³-hybridized carbons (Fsp3) is 0.538. The molecule has 0 atom stereocenters. The topological polar surface area (TPSA) is 0 Å². The minimum Gasteiger partial charge on any atom is -1.00 e. The third-order valence-electron chi connectivity index (χ3n) is 5.91. The van der Waals surface area contributed by atoms with Gasteiger partial charge in [0.05, 0.1) is 26.2 Å². The van der Waals surface area contributed by atoms with Gasteiger partial charge in [-0.15, -0.1) is 0 Å². The molecular formula is C26H40BrN. The van der Waals surface area contributed by atoms with Crippen LogP contribution in [-0.4, -0.2) is 30.7 Å². The highest BCUT2D eigenvalue weighted by Gasteiger charge is 2.26. The van der Waals surface area contributed by atoms with Crippen molar-refractivity contribution in [3.63, 3.8) is 0 Å². The lowest BCUT2D eigenvalue weighted by Crippen LogP contribution is -3.00. The van der Waals surface area contributed by atoms with Gasteiger partial charge in [-0.2, -0.15) is 0 Å². The highest BCUT2D eigenvalue weighted by molar-refractivity contribution is 5.15. The Morgan fingerprint density at radius 2 is 0.929 bits per heavy atom. The first-order valence-corrected chi connectivity index (χ1v) is 11.2. The van der Waals surface area contributed by atoms with Crippen LogP contribution in [0.15, 0.2) is 60.7 Å². The van der Waals surface area contributed by atoms with Crippen molar-refractivity contribution in [2.24, 2.45) is 0 Å². The van der Waals surface area contributed by atoms with Gasteiger partial charge in [0.2, 0.25) is 0 Å². The third kappa shape index (κ3) is 9.39. The molecule has 0 aromatic heterocycles. The quantitative estimate of drug-likeness (QED) is 0.307. The van der Waals surface area contributed by atoms with Crippen molar-refractivity contribution in [1.29, 1.82) is 0 Å². The number of hydrogen-bond donors (Lipinski definition) is 0. The third-order valence-corrected chi connectivity index (χ3v) is 5.91. The first-order valence-electron chi connectivity index (χ1n) is 11.2. The maximum atomic E-state index is 2.32. The number of hydrogen-bond acceptors (Lipinski definition) is 0. The minimum atomic E-state index is 0. The summed E-state index contributed by atoms with van der Waals surface area (Å²) in [6.45, 7) is 9.89. The maximum Gasteiger partial charge on any atom is 0.0827 e. The molecule has 0 saturated carbocycles. The second-order valence-electron chi connectivity index (χ2n) is 8.12. The van der Waals surface area contributed by atoms with Crippen molar-refractivity contribution in [1.82, 2.24) is 0 Å². The Hall–Kier alpha value is -1.12. The van der Waals surface area contributed by atoms with E-state index in [1.165, 1.54) is 93.2 Å². The fourth-order valence-electron chi connectivity index (χ4n) is 4.09. The summed E-state index contributed by atoms with van der Waals surface area (Å²) in [4.78, 5) is 0. The van der Waals surface area contributed by atoms with Crippen LogP contribution in [0.3, 0.4) is 0 Å². The van der Waals surface area contributed by atoms with E-state index in [1.807, 2.05) is 0 Å². The Kier molecular flexibility index (Phi) is 13.2. The van der Waals surface area contributed by atoms with E-state index in [4.69, 9.17) is 0 Å². The van der Waals surface area contributed by atoms with Gasteiger partial charge < -0.3 is 21.5 Å². The molecule has 0 fully saturated rings. The second-order valence-corrected chi connectivity index (χ2v) is 8.12. The van der Waals surface area contributed by atoms with Crippen LogP contribution >= 0.6 is 0 Å². The Balaban J connectivity index is 0.00000392. The zero-order valence-electron chi connectivity index (χ0n) is 18.1. The van der Waals surface area contributed by atoms with Crippen LogP contribution in [0.4, 0.5) is 0 Å². The molecule has 0 aliphatic rings. The summed E-state index contributed by atoms with van der Waals surface area (Å²) in [5.74, 6) is 0. The van der Waals surface area contributed by atoms with E-state index in [0.29, 0.717) is 0 Å². The smallest absolute Gasteiger partial charge is 0.0827 e. The number of halogens is 1. The van der Waals surface area contributed by atoms with Crippen molar-refractivity contribution < 1.29 is 21.5 Å². The minimum absolute atomic E-state index is 0. The lowest BCUT2D eigenvalue weighted by Gasteiger charge is -2.39. The first-order chi connectivity index (χ1) is 13.3. The Labute approximate surface area is 184 Å². The highest BCUT2D eigenvalue weighted by atomic mass is 79.9. The zero-order chi connectivity index (χ0) is 19.2. The standard InChI is InChI=1S/C26H40N.BrH/c1-3-5-13-21-27(22-14-6-4-2,23-19-25-15-9-7-10-16-25)24-20-26-17-11-8-12-18-26;/h7-12,15-18H,3-6,13-14,19-24H2,1-2H3;1H/q+1;/p-1. The van der Waals surface area contributed by atoms with E-state index in [1.54, 1.807) is 0 Å². The van der Waals surface area contributed by atoms with Gasteiger partial charge in [0.15, 0.2) is 0 Å². The number of unbranched alkanes of at least 4 members (excludes halogenated alkanes) is 4. The van der Waals surface area contributed by atoms with Gasteiger partial charge in [-0.1, -0.05) is 87.4 Å². The van der Waals surface area contributed by atoms with Gasteiger partial charge in [-0.3, -0.25) is 0 Å². The predicted molar refractivity (Wildman–Crippen MR) is 119 cm³/mol. The van der Waals surface area contributed by atoms with Crippen molar-refractivity contribution in [3.8, 4) is 0 Å². The van der Waals surface area contributed by atoms with Gasteiger partial charge in [0.25, 0.3) is 0 Å². The van der Waals surface area contributed by atoms with Crippen molar-refractivity contribution in [2.75, 3.05) is 26.2 Å². The molecule has 2 aromatic rings. The summed E-state index contributed by atoms with van der Waals surface area (Å²) in [6, 6.07) is 22.2. The molecule has 2 heteroatoms. The van der Waals surface area contributed by atoms with E-state index < -0.39 is 0 Å². The molecule has 156 valence electrons. The van der Waals surface area contributed by atoms with Gasteiger partial charge in [-0.05, 0) is 36.8 Å². The average molecular weight is 447 g/mol. The Morgan fingerprint density at radius 1 is 0.536 bits per heavy atom. The molecule has 0 heterocycles. The first kappa shape index (κ1) is 24.9. The molecule has 0 amide bonds. The number of nitrogens with zero attached hydrogens (tertiary/aromatic N) is 1. The van der Waals surface area contributed by atoms with Gasteiger partial charge in [-0.25, -0.2) is 0 Å². The normalized spacial score (nSPS) is 11.2. The van der Waals surface area contributed by atoms with Crippen LogP contribution in [0.5, 0.6) is 0 Å². The van der Waals surface area contributed by atoms with Crippen molar-refractivity contribution >= 4 is 0 Å². The second kappa shape index (κ2) is 14.8. The van der Waals surface area contributed by atoms with Crippen molar-refractivity contribution in [2.45, 2.75) is 65.2 Å². The molecule has 0 spiro atoms. The Morgan fingerprint density at radius 3 is 1.29 bits per heavy atom. The van der Waals surface area contributed by atoms with E-state index in [-0.39, 0.29) is 17.0 Å². The van der Waals surface area contributed by atoms with Crippen LogP contribution in [0.2, 0.25) is 0 Å². The lowest BCUT2D eigenvalue weighted by molar-refractivity contribution is -0.928. The number of quaternary nitrogens is 1. The molecular weight excluding hydrogens is 406 g/mol. The van der Waals surface area contributed by atoms with E-state index in [0.717, 1.165) is 0 Å². The summed E-state index contributed by atoms with van der Waals surface area (Å²) < 4.78 is 1.30. The van der Waals surface area contributed by atoms with Crippen LogP contribution in [-0.2, 0) is 12.8 Å². The fourth-order valence-corrected chi connectivity index (χ4v) is 4.09. The van der Waals surface area contributed by atoms with Gasteiger partial charge >= 0.3 is 0 Å². The molecule has 0 aliphatic carbocycles. The summed E-state index contributed by atoms with van der Waals surface area (Å²) in [6.07, 6.45) is 10.5. The molecule has 0 aliphatic heterocycles.